The highest BCUT2D eigenvalue weighted by molar-refractivity contribution is 5.94. The zero-order valence-corrected chi connectivity index (χ0v) is 33.8. The van der Waals surface area contributed by atoms with E-state index in [4.69, 9.17) is 38.9 Å². The van der Waals surface area contributed by atoms with Crippen LogP contribution >= 0.6 is 0 Å². The maximum absolute atomic E-state index is 16.1. The molecular formula is C44H50FN9O5. The third kappa shape index (κ3) is 9.22. The van der Waals surface area contributed by atoms with E-state index < -0.39 is 5.82 Å². The van der Waals surface area contributed by atoms with Crippen LogP contribution in [-0.2, 0) is 29.0 Å². The molecule has 8 rings (SSSR count). The van der Waals surface area contributed by atoms with Gasteiger partial charge in [-0.05, 0) is 60.0 Å². The van der Waals surface area contributed by atoms with E-state index in [-0.39, 0.29) is 5.91 Å². The van der Waals surface area contributed by atoms with Crippen LogP contribution in [0.4, 0.5) is 27.8 Å². The molecule has 2 aromatic heterocycles. The van der Waals surface area contributed by atoms with E-state index in [2.05, 4.69) is 14.7 Å². The topological polar surface area (TPSA) is 122 Å². The van der Waals surface area contributed by atoms with Crippen LogP contribution in [0.25, 0.3) is 11.3 Å². The summed E-state index contributed by atoms with van der Waals surface area (Å²) in [7, 11) is 5.07. The highest BCUT2D eigenvalue weighted by Gasteiger charge is 2.31. The number of carbonyl (C=O) groups excluding carboxylic acids is 1. The molecule has 0 unspecified atom stereocenters. The standard InChI is InChI=1S/C44H50FN9O5/c1-50(16-17-51-18-22-58-23-19-51)42(55)33-8-13-39(38(45)26-33)54-15-14-37-40(48-44(49-41(37)54)52-20-24-59-25-21-52)34-27-46-43(47-28-34)53(29-31-4-9-35(56-2)10-5-31)30-32-6-11-36(57-3)12-7-32/h4-13,26-28H,14-25,29-30H2,1-3H3. The summed E-state index contributed by atoms with van der Waals surface area (Å²) in [6.45, 7) is 8.34. The fourth-order valence-electron chi connectivity index (χ4n) is 7.63. The molecular weight excluding hydrogens is 754 g/mol. The second-order valence-electron chi connectivity index (χ2n) is 14.8. The number of fused-ring (bicyclic) bond motifs is 1. The lowest BCUT2D eigenvalue weighted by atomic mass is 10.1. The van der Waals surface area contributed by atoms with Gasteiger partial charge in [0.05, 0.1) is 52.0 Å². The summed E-state index contributed by atoms with van der Waals surface area (Å²) in [4.78, 5) is 43.3. The lowest BCUT2D eigenvalue weighted by Crippen LogP contribution is -2.41. The second-order valence-corrected chi connectivity index (χ2v) is 14.8. The van der Waals surface area contributed by atoms with Gasteiger partial charge in [0.25, 0.3) is 5.91 Å². The molecule has 0 bridgehead atoms. The molecule has 3 aromatic carbocycles. The summed E-state index contributed by atoms with van der Waals surface area (Å²) in [6.07, 6.45) is 4.20. The summed E-state index contributed by atoms with van der Waals surface area (Å²) < 4.78 is 38.0. The fraction of sp³-hybridized carbons (Fsp3) is 0.386. The van der Waals surface area contributed by atoms with Crippen molar-refractivity contribution in [2.24, 2.45) is 0 Å². The number of hydrogen-bond donors (Lipinski definition) is 0. The fourth-order valence-corrected chi connectivity index (χ4v) is 7.63. The lowest BCUT2D eigenvalue weighted by Gasteiger charge is -2.29. The minimum atomic E-state index is -0.486. The first-order chi connectivity index (χ1) is 28.9. The van der Waals surface area contributed by atoms with E-state index >= 15 is 4.39 Å². The molecule has 5 aromatic rings. The molecule has 5 heterocycles. The van der Waals surface area contributed by atoms with Crippen LogP contribution in [-0.4, -0.2) is 129 Å². The summed E-state index contributed by atoms with van der Waals surface area (Å²) >= 11 is 0. The molecule has 0 spiro atoms. The Kier molecular flexibility index (Phi) is 12.4. The van der Waals surface area contributed by atoms with Crippen LogP contribution in [0.5, 0.6) is 11.5 Å². The van der Waals surface area contributed by atoms with E-state index in [1.54, 1.807) is 38.3 Å². The molecule has 3 aliphatic heterocycles. The van der Waals surface area contributed by atoms with E-state index in [1.165, 1.54) is 6.07 Å². The minimum absolute atomic E-state index is 0.222. The van der Waals surface area contributed by atoms with E-state index in [9.17, 15) is 4.79 Å². The highest BCUT2D eigenvalue weighted by atomic mass is 19.1. The Labute approximate surface area is 344 Å². The number of aromatic nitrogens is 4. The Hall–Kier alpha value is -5.90. The Morgan fingerprint density at radius 3 is 2.00 bits per heavy atom. The number of anilines is 4. The minimum Gasteiger partial charge on any atom is -0.497 e. The lowest BCUT2D eigenvalue weighted by molar-refractivity contribution is 0.0338. The molecule has 0 radical (unpaired) electrons. The number of rotatable bonds is 14. The van der Waals surface area contributed by atoms with Gasteiger partial charge in [0, 0.05) is 95.0 Å². The number of hydrogen-bond acceptors (Lipinski definition) is 13. The number of morpholine rings is 2. The van der Waals surface area contributed by atoms with Crippen LogP contribution in [0.2, 0.25) is 0 Å². The third-order valence-electron chi connectivity index (χ3n) is 11.1. The van der Waals surface area contributed by atoms with Gasteiger partial charge in [-0.25, -0.2) is 19.3 Å². The predicted octanol–water partition coefficient (Wildman–Crippen LogP) is 5.23. The Morgan fingerprint density at radius 2 is 1.41 bits per heavy atom. The van der Waals surface area contributed by atoms with Gasteiger partial charge in [0.15, 0.2) is 0 Å². The maximum Gasteiger partial charge on any atom is 0.253 e. The van der Waals surface area contributed by atoms with Gasteiger partial charge in [-0.1, -0.05) is 24.3 Å². The van der Waals surface area contributed by atoms with Crippen molar-refractivity contribution in [2.45, 2.75) is 19.5 Å². The van der Waals surface area contributed by atoms with Gasteiger partial charge in [-0.15, -0.1) is 0 Å². The number of amides is 1. The quantitative estimate of drug-likeness (QED) is 0.146. The van der Waals surface area contributed by atoms with Crippen molar-refractivity contribution in [1.82, 2.24) is 29.7 Å². The number of carbonyl (C=O) groups is 1. The van der Waals surface area contributed by atoms with Gasteiger partial charge in [0.1, 0.15) is 23.1 Å². The van der Waals surface area contributed by atoms with E-state index in [0.29, 0.717) is 107 Å². The van der Waals surface area contributed by atoms with Crippen molar-refractivity contribution >= 4 is 29.3 Å². The third-order valence-corrected chi connectivity index (χ3v) is 11.1. The predicted molar refractivity (Wildman–Crippen MR) is 223 cm³/mol. The second kappa shape index (κ2) is 18.4. The summed E-state index contributed by atoms with van der Waals surface area (Å²) in [6, 6.07) is 20.7. The Bertz CT molecular complexity index is 2150. The summed E-state index contributed by atoms with van der Waals surface area (Å²) in [5.74, 6) is 2.59. The van der Waals surface area contributed by atoms with Crippen LogP contribution in [0.3, 0.4) is 0 Å². The van der Waals surface area contributed by atoms with Crippen molar-refractivity contribution < 1.29 is 28.1 Å². The van der Waals surface area contributed by atoms with Crippen LogP contribution in [0.15, 0.2) is 79.1 Å². The average molecular weight is 804 g/mol. The number of ether oxygens (including phenoxy) is 4. The molecule has 0 N–H and O–H groups in total. The van der Waals surface area contributed by atoms with Crippen molar-refractivity contribution in [1.29, 1.82) is 0 Å². The average Bonchev–Trinajstić information content (AvgIpc) is 3.72. The number of halogens is 1. The number of nitrogens with zero attached hydrogens (tertiary/aromatic N) is 9. The van der Waals surface area contributed by atoms with Gasteiger partial charge < -0.3 is 38.5 Å². The molecule has 14 nitrogen and oxygen atoms in total. The van der Waals surface area contributed by atoms with Crippen LogP contribution < -0.4 is 24.2 Å². The largest absolute Gasteiger partial charge is 0.497 e. The van der Waals surface area contributed by atoms with Crippen molar-refractivity contribution in [3.8, 4) is 22.8 Å². The first-order valence-corrected chi connectivity index (χ1v) is 20.1. The zero-order chi connectivity index (χ0) is 40.7. The number of methoxy groups -OCH3 is 2. The van der Waals surface area contributed by atoms with Gasteiger partial charge in [0.2, 0.25) is 11.9 Å². The smallest absolute Gasteiger partial charge is 0.253 e. The first kappa shape index (κ1) is 39.9. The molecule has 0 saturated carbocycles. The van der Waals surface area contributed by atoms with Gasteiger partial charge >= 0.3 is 0 Å². The number of likely N-dealkylation sites (N-methyl/N-ethyl adjacent to an activating group) is 1. The molecule has 0 aliphatic carbocycles. The summed E-state index contributed by atoms with van der Waals surface area (Å²) in [5.41, 5.74) is 5.14. The van der Waals surface area contributed by atoms with Crippen molar-refractivity contribution in [3.63, 3.8) is 0 Å². The molecule has 59 heavy (non-hydrogen) atoms. The first-order valence-electron chi connectivity index (χ1n) is 20.1. The molecule has 3 aliphatic rings. The molecule has 15 heteroatoms. The van der Waals surface area contributed by atoms with Gasteiger partial charge in [-0.3, -0.25) is 9.69 Å². The monoisotopic (exact) mass is 803 g/mol. The summed E-state index contributed by atoms with van der Waals surface area (Å²) in [5, 5.41) is 0. The van der Waals surface area contributed by atoms with E-state index in [1.807, 2.05) is 65.8 Å². The molecule has 2 fully saturated rings. The van der Waals surface area contributed by atoms with Gasteiger partial charge in [-0.2, -0.15) is 4.98 Å². The van der Waals surface area contributed by atoms with Crippen LogP contribution in [0, 0.1) is 5.82 Å². The SMILES string of the molecule is COc1ccc(CN(Cc2ccc(OC)cc2)c2ncc(-c3nc(N4CCOCC4)nc4c3CCN4c3ccc(C(=O)N(C)CCN4CCOCC4)cc3F)cn2)cc1. The van der Waals surface area contributed by atoms with Crippen molar-refractivity contribution in [3.05, 3.63) is 107 Å². The molecule has 2 saturated heterocycles. The van der Waals surface area contributed by atoms with E-state index in [0.717, 1.165) is 53.4 Å². The Balaban J connectivity index is 1.07. The molecule has 1 amide bonds. The normalized spacial score (nSPS) is 15.5. The maximum atomic E-state index is 16.1. The number of benzene rings is 3. The molecule has 308 valence electrons. The Morgan fingerprint density at radius 1 is 0.797 bits per heavy atom. The molecule has 0 atom stereocenters. The highest BCUT2D eigenvalue weighted by Crippen LogP contribution is 2.40. The van der Waals surface area contributed by atoms with Crippen molar-refractivity contribution in [2.75, 3.05) is 108 Å². The van der Waals surface area contributed by atoms with Crippen LogP contribution in [0.1, 0.15) is 27.0 Å². The zero-order valence-electron chi connectivity index (χ0n) is 33.8.